The van der Waals surface area contributed by atoms with Gasteiger partial charge in [0, 0.05) is 30.9 Å². The van der Waals surface area contributed by atoms with Crippen LogP contribution in [0, 0.1) is 6.92 Å². The van der Waals surface area contributed by atoms with Gasteiger partial charge in [-0.25, -0.2) is 4.98 Å². The van der Waals surface area contributed by atoms with Gasteiger partial charge in [0.25, 0.3) is 11.5 Å². The van der Waals surface area contributed by atoms with Gasteiger partial charge in [0.05, 0.1) is 19.0 Å². The van der Waals surface area contributed by atoms with Gasteiger partial charge in [-0.05, 0) is 30.7 Å². The molecule has 0 fully saturated rings. The average Bonchev–Trinajstić information content (AvgIpc) is 3.36. The van der Waals surface area contributed by atoms with Crippen molar-refractivity contribution in [2.75, 3.05) is 24.4 Å². The third kappa shape index (κ3) is 4.60. The summed E-state index contributed by atoms with van der Waals surface area (Å²) in [6.07, 6.45) is 4.27. The number of carbonyl (C=O) groups excluding carboxylic acids is 1. The monoisotopic (exact) mass is 494 g/mol. The summed E-state index contributed by atoms with van der Waals surface area (Å²) in [5.74, 6) is -0.635. The van der Waals surface area contributed by atoms with E-state index in [0.29, 0.717) is 16.4 Å². The molecule has 180 valence electrons. The van der Waals surface area contributed by atoms with Crippen LogP contribution in [0.3, 0.4) is 0 Å². The normalized spacial score (nSPS) is 11.7. The highest BCUT2D eigenvalue weighted by Gasteiger charge is 2.30. The quantitative estimate of drug-likeness (QED) is 0.414. The number of aryl methyl sites for hydroxylation is 1. The minimum atomic E-state index is -0.652. The van der Waals surface area contributed by atoms with Crippen LogP contribution in [0.25, 0.3) is 0 Å². The lowest BCUT2D eigenvalue weighted by Gasteiger charge is -2.32. The molecule has 1 atom stereocenters. The van der Waals surface area contributed by atoms with Crippen molar-refractivity contribution in [2.45, 2.75) is 13.0 Å². The van der Waals surface area contributed by atoms with E-state index in [0.717, 1.165) is 11.1 Å². The Hall–Kier alpha value is -4.18. The van der Waals surface area contributed by atoms with E-state index in [9.17, 15) is 9.59 Å². The molecule has 0 aliphatic carbocycles. The van der Waals surface area contributed by atoms with E-state index >= 15 is 0 Å². The first-order valence-corrected chi connectivity index (χ1v) is 11.0. The van der Waals surface area contributed by atoms with Crippen LogP contribution in [0.15, 0.2) is 64.4 Å². The smallest absolute Gasteiger partial charge is 0.297 e. The second kappa shape index (κ2) is 9.98. The molecular weight excluding hydrogens is 472 g/mol. The minimum Gasteiger partial charge on any atom is -0.489 e. The van der Waals surface area contributed by atoms with Gasteiger partial charge < -0.3 is 19.5 Å². The van der Waals surface area contributed by atoms with Gasteiger partial charge >= 0.3 is 0 Å². The number of pyridine rings is 1. The molecule has 1 unspecified atom stereocenters. The molecule has 35 heavy (non-hydrogen) atoms. The van der Waals surface area contributed by atoms with Gasteiger partial charge in [0.15, 0.2) is 5.69 Å². The summed E-state index contributed by atoms with van der Waals surface area (Å²) in [5, 5.41) is 6.70. The fraction of sp³-hybridized carbons (Fsp3) is 0.208. The predicted molar refractivity (Wildman–Crippen MR) is 131 cm³/mol. The van der Waals surface area contributed by atoms with E-state index in [1.807, 2.05) is 37.3 Å². The molecule has 11 heteroatoms. The van der Waals surface area contributed by atoms with E-state index in [4.69, 9.17) is 20.9 Å². The van der Waals surface area contributed by atoms with Crippen LogP contribution in [-0.4, -0.2) is 39.8 Å². The number of benzene rings is 1. The summed E-state index contributed by atoms with van der Waals surface area (Å²) < 4.78 is 11.3. The van der Waals surface area contributed by atoms with E-state index in [2.05, 4.69) is 20.4 Å². The number of halogens is 1. The highest BCUT2D eigenvalue weighted by atomic mass is 35.5. The molecule has 0 spiro atoms. The second-order valence-corrected chi connectivity index (χ2v) is 8.17. The van der Waals surface area contributed by atoms with Gasteiger partial charge in [0.2, 0.25) is 11.7 Å². The van der Waals surface area contributed by atoms with Gasteiger partial charge in [0.1, 0.15) is 18.0 Å². The summed E-state index contributed by atoms with van der Waals surface area (Å²) in [4.78, 5) is 37.1. The molecule has 1 N–H and O–H groups in total. The molecule has 10 nitrogen and oxygen atoms in total. The fourth-order valence-electron chi connectivity index (χ4n) is 3.86. The third-order valence-electron chi connectivity index (χ3n) is 5.55. The number of carbonyl (C=O) groups is 1. The van der Waals surface area contributed by atoms with Gasteiger partial charge in [-0.3, -0.25) is 19.1 Å². The van der Waals surface area contributed by atoms with Gasteiger partial charge in [-0.15, -0.1) is 0 Å². The van der Waals surface area contributed by atoms with Crippen molar-refractivity contribution in [3.05, 3.63) is 92.9 Å². The molecule has 1 aromatic carbocycles. The lowest BCUT2D eigenvalue weighted by Crippen LogP contribution is -2.35. The number of anilines is 2. The van der Waals surface area contributed by atoms with Crippen LogP contribution < -0.4 is 20.5 Å². The van der Waals surface area contributed by atoms with E-state index in [1.54, 1.807) is 31.3 Å². The standard InChI is InChI=1S/C24H23ClN6O4/c1-14-8-7-9-16(25)18(14)20(17-10-5-6-11-26-17)30(2)24-29-19(21(34-4)23(33)31(24)3)22(32)28-15-12-27-35-13-15/h5-13,20H,1-4H3,(H,28,32). The Kier molecular flexibility index (Phi) is 6.83. The SMILES string of the molecule is COc1c(C(=O)Nc2cnoc2)nc(N(C)C(c2ccccn2)c2c(C)cccc2Cl)n(C)c1=O. The Morgan fingerprint density at radius 3 is 2.69 bits per heavy atom. The topological polar surface area (TPSA) is 115 Å². The number of hydrogen-bond donors (Lipinski definition) is 1. The summed E-state index contributed by atoms with van der Waals surface area (Å²) in [6.45, 7) is 1.95. The van der Waals surface area contributed by atoms with Crippen LogP contribution >= 0.6 is 11.6 Å². The molecule has 0 aliphatic heterocycles. The molecule has 4 aromatic rings. The van der Waals surface area contributed by atoms with Crippen molar-refractivity contribution < 1.29 is 14.1 Å². The fourth-order valence-corrected chi connectivity index (χ4v) is 4.19. The van der Waals surface area contributed by atoms with Crippen molar-refractivity contribution in [3.8, 4) is 5.75 Å². The molecular formula is C24H23ClN6O4. The number of methoxy groups -OCH3 is 1. The Bertz CT molecular complexity index is 1390. The first-order valence-electron chi connectivity index (χ1n) is 10.6. The highest BCUT2D eigenvalue weighted by molar-refractivity contribution is 6.31. The van der Waals surface area contributed by atoms with Crippen LogP contribution in [0.1, 0.15) is 33.4 Å². The first-order chi connectivity index (χ1) is 16.8. The lowest BCUT2D eigenvalue weighted by atomic mass is 9.97. The molecule has 0 aliphatic rings. The average molecular weight is 495 g/mol. The molecule has 4 rings (SSSR count). The van der Waals surface area contributed by atoms with Crippen LogP contribution in [-0.2, 0) is 7.05 Å². The molecule has 0 bridgehead atoms. The summed E-state index contributed by atoms with van der Waals surface area (Å²) in [5.41, 5.74) is 2.02. The van der Waals surface area contributed by atoms with E-state index in [1.165, 1.54) is 24.1 Å². The molecule has 3 aromatic heterocycles. The number of hydrogen-bond acceptors (Lipinski definition) is 8. The largest absolute Gasteiger partial charge is 0.489 e. The summed E-state index contributed by atoms with van der Waals surface area (Å²) in [7, 11) is 4.63. The number of rotatable bonds is 7. The zero-order valence-electron chi connectivity index (χ0n) is 19.5. The molecule has 1 amide bonds. The van der Waals surface area contributed by atoms with Crippen molar-refractivity contribution in [2.24, 2.45) is 7.05 Å². The van der Waals surface area contributed by atoms with E-state index in [-0.39, 0.29) is 17.4 Å². The lowest BCUT2D eigenvalue weighted by molar-refractivity contribution is 0.101. The zero-order valence-corrected chi connectivity index (χ0v) is 20.3. The van der Waals surface area contributed by atoms with Crippen molar-refractivity contribution in [1.82, 2.24) is 19.7 Å². The number of nitrogens with zero attached hydrogens (tertiary/aromatic N) is 5. The summed E-state index contributed by atoms with van der Waals surface area (Å²) in [6, 6.07) is 10.7. The number of nitrogens with one attached hydrogen (secondary N) is 1. The Morgan fingerprint density at radius 1 is 1.26 bits per heavy atom. The minimum absolute atomic E-state index is 0.186. The predicted octanol–water partition coefficient (Wildman–Crippen LogP) is 3.61. The molecule has 0 saturated heterocycles. The van der Waals surface area contributed by atoms with Crippen LogP contribution in [0.2, 0.25) is 5.02 Å². The second-order valence-electron chi connectivity index (χ2n) is 7.76. The zero-order chi connectivity index (χ0) is 25.1. The Labute approximate surface area is 206 Å². The third-order valence-corrected chi connectivity index (χ3v) is 5.88. The van der Waals surface area contributed by atoms with Crippen LogP contribution in [0.4, 0.5) is 11.6 Å². The van der Waals surface area contributed by atoms with Crippen molar-refractivity contribution in [3.63, 3.8) is 0 Å². The molecule has 3 heterocycles. The van der Waals surface area contributed by atoms with Crippen molar-refractivity contribution in [1.29, 1.82) is 0 Å². The Morgan fingerprint density at radius 2 is 2.06 bits per heavy atom. The molecule has 0 radical (unpaired) electrons. The first kappa shape index (κ1) is 24.0. The van der Waals surface area contributed by atoms with Crippen molar-refractivity contribution >= 4 is 29.1 Å². The highest BCUT2D eigenvalue weighted by Crippen LogP contribution is 2.36. The Balaban J connectivity index is 1.89. The number of aromatic nitrogens is 4. The maximum atomic E-state index is 13.2. The van der Waals surface area contributed by atoms with Crippen LogP contribution in [0.5, 0.6) is 5.75 Å². The molecule has 0 saturated carbocycles. The number of ether oxygens (including phenoxy) is 1. The van der Waals surface area contributed by atoms with Gasteiger partial charge in [-0.1, -0.05) is 35.0 Å². The van der Waals surface area contributed by atoms with E-state index < -0.39 is 17.5 Å². The number of amides is 1. The maximum Gasteiger partial charge on any atom is 0.297 e. The summed E-state index contributed by atoms with van der Waals surface area (Å²) >= 11 is 6.64. The van der Waals surface area contributed by atoms with Gasteiger partial charge in [-0.2, -0.15) is 0 Å². The maximum absolute atomic E-state index is 13.2.